The lowest BCUT2D eigenvalue weighted by Gasteiger charge is -2.29. The van der Waals surface area contributed by atoms with Crippen molar-refractivity contribution in [3.8, 4) is 17.0 Å². The van der Waals surface area contributed by atoms with E-state index < -0.39 is 35.6 Å². The Kier molecular flexibility index (Phi) is 5.85. The van der Waals surface area contributed by atoms with Crippen molar-refractivity contribution in [2.45, 2.75) is 24.9 Å². The van der Waals surface area contributed by atoms with Crippen molar-refractivity contribution in [2.75, 3.05) is 7.11 Å². The number of hydrogen-bond acceptors (Lipinski definition) is 4. The van der Waals surface area contributed by atoms with Crippen LogP contribution < -0.4 is 4.74 Å². The average Bonchev–Trinajstić information content (AvgIpc) is 3.24. The molecule has 0 aliphatic carbocycles. The summed E-state index contributed by atoms with van der Waals surface area (Å²) in [5.74, 6) is -2.64. The molecule has 1 aliphatic heterocycles. The van der Waals surface area contributed by atoms with Crippen LogP contribution in [-0.4, -0.2) is 40.0 Å². The van der Waals surface area contributed by atoms with Crippen molar-refractivity contribution in [2.24, 2.45) is 0 Å². The van der Waals surface area contributed by atoms with Gasteiger partial charge in [-0.15, -0.1) is 0 Å². The number of carbonyl (C=O) groups is 2. The predicted octanol–water partition coefficient (Wildman–Crippen LogP) is 4.47. The van der Waals surface area contributed by atoms with E-state index in [9.17, 15) is 23.5 Å². The summed E-state index contributed by atoms with van der Waals surface area (Å²) in [7, 11) is 1.47. The van der Waals surface area contributed by atoms with Crippen molar-refractivity contribution in [1.29, 1.82) is 0 Å². The molecular formula is C24H20F2N2O4. The molecule has 32 heavy (non-hydrogen) atoms. The first-order chi connectivity index (χ1) is 15.4. The van der Waals surface area contributed by atoms with Crippen LogP contribution in [-0.2, 0) is 4.79 Å². The lowest BCUT2D eigenvalue weighted by molar-refractivity contribution is -0.141. The molecule has 3 aromatic rings. The lowest BCUT2D eigenvalue weighted by atomic mass is 10.0. The number of methoxy groups -OCH3 is 1. The van der Waals surface area contributed by atoms with Crippen molar-refractivity contribution in [3.05, 3.63) is 83.6 Å². The molecule has 6 nitrogen and oxygen atoms in total. The fraction of sp³-hybridized carbons (Fsp3) is 0.208. The average molecular weight is 438 g/mol. The van der Waals surface area contributed by atoms with Gasteiger partial charge < -0.3 is 14.7 Å². The van der Waals surface area contributed by atoms with Crippen LogP contribution in [0.25, 0.3) is 11.1 Å². The van der Waals surface area contributed by atoms with E-state index in [0.29, 0.717) is 17.9 Å². The van der Waals surface area contributed by atoms with Crippen molar-refractivity contribution in [1.82, 2.24) is 9.88 Å². The Labute approximate surface area is 183 Å². The summed E-state index contributed by atoms with van der Waals surface area (Å²) in [6.45, 7) is 0. The predicted molar refractivity (Wildman–Crippen MR) is 112 cm³/mol. The Morgan fingerprint density at radius 1 is 1.06 bits per heavy atom. The lowest BCUT2D eigenvalue weighted by Crippen LogP contribution is -2.42. The third kappa shape index (κ3) is 3.91. The quantitative estimate of drug-likeness (QED) is 0.636. The van der Waals surface area contributed by atoms with Crippen LogP contribution in [0, 0.1) is 11.6 Å². The first-order valence-electron chi connectivity index (χ1n) is 10.0. The molecule has 2 atom stereocenters. The number of likely N-dealkylation sites (tertiary alicyclic amines) is 1. The van der Waals surface area contributed by atoms with Crippen LogP contribution in [0.4, 0.5) is 8.78 Å². The Morgan fingerprint density at radius 2 is 1.84 bits per heavy atom. The largest absolute Gasteiger partial charge is 0.481 e. The first-order valence-corrected chi connectivity index (χ1v) is 10.0. The van der Waals surface area contributed by atoms with Gasteiger partial charge in [0.05, 0.1) is 13.2 Å². The molecule has 0 spiro atoms. The molecule has 1 amide bonds. The van der Waals surface area contributed by atoms with Gasteiger partial charge in [0.15, 0.2) is 0 Å². The van der Waals surface area contributed by atoms with E-state index in [1.54, 1.807) is 18.2 Å². The molecule has 164 valence electrons. The zero-order chi connectivity index (χ0) is 22.8. The molecule has 0 saturated carbocycles. The second-order valence-electron chi connectivity index (χ2n) is 7.46. The maximum atomic E-state index is 14.9. The number of amides is 1. The van der Waals surface area contributed by atoms with Gasteiger partial charge in [-0.05, 0) is 37.1 Å². The fourth-order valence-electron chi connectivity index (χ4n) is 4.08. The molecule has 1 N–H and O–H groups in total. The third-order valence-corrected chi connectivity index (χ3v) is 5.64. The van der Waals surface area contributed by atoms with Crippen LogP contribution >= 0.6 is 0 Å². The van der Waals surface area contributed by atoms with Crippen LogP contribution in [0.3, 0.4) is 0 Å². The number of carboxylic acid groups (broad SMARTS) is 1. The molecule has 1 fully saturated rings. The number of pyridine rings is 1. The number of carboxylic acids is 1. The summed E-state index contributed by atoms with van der Waals surface area (Å²) in [5.41, 5.74) is 0.961. The number of aromatic nitrogens is 1. The summed E-state index contributed by atoms with van der Waals surface area (Å²) >= 11 is 0. The fourth-order valence-corrected chi connectivity index (χ4v) is 4.08. The summed E-state index contributed by atoms with van der Waals surface area (Å²) in [4.78, 5) is 30.3. The minimum absolute atomic E-state index is 0.0118. The van der Waals surface area contributed by atoms with E-state index >= 15 is 0 Å². The van der Waals surface area contributed by atoms with E-state index in [-0.39, 0.29) is 23.1 Å². The van der Waals surface area contributed by atoms with Gasteiger partial charge in [-0.25, -0.2) is 18.6 Å². The highest BCUT2D eigenvalue weighted by atomic mass is 19.1. The van der Waals surface area contributed by atoms with Gasteiger partial charge in [0.2, 0.25) is 5.88 Å². The molecule has 4 rings (SSSR count). The van der Waals surface area contributed by atoms with E-state index in [1.807, 2.05) is 0 Å². The second kappa shape index (κ2) is 8.74. The highest BCUT2D eigenvalue weighted by Gasteiger charge is 2.42. The number of rotatable bonds is 5. The Hall–Kier alpha value is -3.81. The summed E-state index contributed by atoms with van der Waals surface area (Å²) < 4.78 is 34.3. The highest BCUT2D eigenvalue weighted by molar-refractivity contribution is 5.97. The van der Waals surface area contributed by atoms with Crippen LogP contribution in [0.2, 0.25) is 0 Å². The van der Waals surface area contributed by atoms with Gasteiger partial charge in [0, 0.05) is 34.5 Å². The number of ether oxygens (including phenoxy) is 1. The molecule has 2 aromatic carbocycles. The number of aliphatic carboxylic acids is 1. The SMILES string of the molecule is COc1ccc(-c2ccc(C(=O)N3C(C(=O)O)CCC3c3ccccc3F)cc2F)cn1. The molecule has 2 heterocycles. The van der Waals surface area contributed by atoms with Gasteiger partial charge >= 0.3 is 5.97 Å². The Morgan fingerprint density at radius 3 is 2.47 bits per heavy atom. The summed E-state index contributed by atoms with van der Waals surface area (Å²) in [6, 6.07) is 11.3. The maximum Gasteiger partial charge on any atom is 0.326 e. The molecular weight excluding hydrogens is 418 g/mol. The third-order valence-electron chi connectivity index (χ3n) is 5.64. The van der Waals surface area contributed by atoms with Crippen LogP contribution in [0.1, 0.15) is 34.8 Å². The molecule has 8 heteroatoms. The number of halogens is 2. The molecule has 0 radical (unpaired) electrons. The number of nitrogens with zero attached hydrogens (tertiary/aromatic N) is 2. The van der Waals surface area contributed by atoms with Crippen LogP contribution in [0.5, 0.6) is 5.88 Å². The van der Waals surface area contributed by atoms with Crippen molar-refractivity contribution in [3.63, 3.8) is 0 Å². The zero-order valence-corrected chi connectivity index (χ0v) is 17.2. The number of carbonyl (C=O) groups excluding carboxylic acids is 1. The minimum atomic E-state index is -1.18. The molecule has 1 aliphatic rings. The van der Waals surface area contributed by atoms with Gasteiger partial charge in [-0.2, -0.15) is 0 Å². The van der Waals surface area contributed by atoms with E-state index in [1.165, 1.54) is 43.6 Å². The highest BCUT2D eigenvalue weighted by Crippen LogP contribution is 2.39. The van der Waals surface area contributed by atoms with E-state index in [0.717, 1.165) is 11.0 Å². The monoisotopic (exact) mass is 438 g/mol. The smallest absolute Gasteiger partial charge is 0.326 e. The second-order valence-corrected chi connectivity index (χ2v) is 7.46. The summed E-state index contributed by atoms with van der Waals surface area (Å²) in [5, 5.41) is 9.62. The van der Waals surface area contributed by atoms with Crippen molar-refractivity contribution >= 4 is 11.9 Å². The van der Waals surface area contributed by atoms with Gasteiger partial charge in [-0.1, -0.05) is 24.3 Å². The zero-order valence-electron chi connectivity index (χ0n) is 17.2. The topological polar surface area (TPSA) is 79.7 Å². The normalized spacial score (nSPS) is 17.9. The van der Waals surface area contributed by atoms with E-state index in [2.05, 4.69) is 4.98 Å². The Balaban J connectivity index is 1.68. The standard InChI is InChI=1S/C24H20F2N2O4/c1-32-22-11-7-15(13-27-22)16-8-6-14(12-19(16)26)23(29)28-20(9-10-21(28)24(30)31)17-4-2-3-5-18(17)25/h2-8,11-13,20-21H,9-10H2,1H3,(H,30,31). The molecule has 0 bridgehead atoms. The first kappa shape index (κ1) is 21.4. The van der Waals surface area contributed by atoms with Gasteiger partial charge in [0.25, 0.3) is 5.91 Å². The summed E-state index contributed by atoms with van der Waals surface area (Å²) in [6.07, 6.45) is 1.92. The van der Waals surface area contributed by atoms with Crippen molar-refractivity contribution < 1.29 is 28.2 Å². The molecule has 1 aromatic heterocycles. The van der Waals surface area contributed by atoms with E-state index in [4.69, 9.17) is 4.74 Å². The van der Waals surface area contributed by atoms with Gasteiger partial charge in [0.1, 0.15) is 17.7 Å². The van der Waals surface area contributed by atoms with Gasteiger partial charge in [-0.3, -0.25) is 4.79 Å². The number of hydrogen-bond donors (Lipinski definition) is 1. The Bertz CT molecular complexity index is 1170. The molecule has 2 unspecified atom stereocenters. The number of benzene rings is 2. The maximum absolute atomic E-state index is 14.9. The minimum Gasteiger partial charge on any atom is -0.481 e. The van der Waals surface area contributed by atoms with Crippen LogP contribution in [0.15, 0.2) is 60.8 Å². The molecule has 1 saturated heterocycles.